The first-order valence-electron chi connectivity index (χ1n) is 7.68. The summed E-state index contributed by atoms with van der Waals surface area (Å²) in [6.07, 6.45) is 0. The van der Waals surface area contributed by atoms with E-state index >= 15 is 0 Å². The molecule has 0 unspecified atom stereocenters. The molecule has 0 fully saturated rings. The van der Waals surface area contributed by atoms with Crippen molar-refractivity contribution in [1.29, 1.82) is 0 Å². The van der Waals surface area contributed by atoms with Crippen LogP contribution in [0.1, 0.15) is 6.92 Å². The van der Waals surface area contributed by atoms with Crippen LogP contribution in [0.3, 0.4) is 0 Å². The van der Waals surface area contributed by atoms with Crippen LogP contribution in [0.25, 0.3) is 0 Å². The third-order valence-electron chi connectivity index (χ3n) is 3.90. The fraction of sp³-hybridized carbons (Fsp3) is 0.100. The van der Waals surface area contributed by atoms with Gasteiger partial charge >= 0.3 is 132 Å². The van der Waals surface area contributed by atoms with E-state index in [1.807, 2.05) is 0 Å². The zero-order chi connectivity index (χ0) is 15.3. The Hall–Kier alpha value is -1.73. The minimum atomic E-state index is -2.42. The van der Waals surface area contributed by atoms with Crippen molar-refractivity contribution in [2.45, 2.75) is 6.92 Å². The van der Waals surface area contributed by atoms with Gasteiger partial charge in [-0.15, -0.1) is 0 Å². The molecule has 3 aromatic rings. The summed E-state index contributed by atoms with van der Waals surface area (Å²) in [7, 11) is -2.42. The minimum absolute atomic E-state index is 0. The van der Waals surface area contributed by atoms with E-state index in [1.165, 1.54) is 15.9 Å². The van der Waals surface area contributed by atoms with Gasteiger partial charge in [0.1, 0.15) is 0 Å². The van der Waals surface area contributed by atoms with E-state index < -0.39 is 7.49 Å². The first-order chi connectivity index (χ1) is 10.9. The van der Waals surface area contributed by atoms with Gasteiger partial charge in [0.05, 0.1) is 0 Å². The zero-order valence-corrected chi connectivity index (χ0v) is 13.8. The van der Waals surface area contributed by atoms with Crippen molar-refractivity contribution >= 4 is 34.4 Å². The summed E-state index contributed by atoms with van der Waals surface area (Å²) in [5.41, 5.74) is 0. The van der Waals surface area contributed by atoms with Crippen LogP contribution in [0, 0.1) is 0 Å². The van der Waals surface area contributed by atoms with Crippen LogP contribution < -0.4 is 15.9 Å². The molecule has 0 aliphatic rings. The molecule has 0 aliphatic carbocycles. The van der Waals surface area contributed by atoms with Gasteiger partial charge in [-0.05, 0) is 11.0 Å². The van der Waals surface area contributed by atoms with Gasteiger partial charge in [0.25, 0.3) is 0 Å². The van der Waals surface area contributed by atoms with Crippen molar-refractivity contribution in [1.82, 2.24) is 0 Å². The maximum Gasteiger partial charge on any atom is -0.0149 e. The van der Waals surface area contributed by atoms with Gasteiger partial charge in [0, 0.05) is 0 Å². The molecule has 3 heteroatoms. The van der Waals surface area contributed by atoms with E-state index in [9.17, 15) is 0 Å². The third-order valence-corrected chi connectivity index (χ3v) is 8.06. The van der Waals surface area contributed by atoms with Gasteiger partial charge < -0.3 is 0 Å². The maximum absolute atomic E-state index is 6.53. The normalized spacial score (nSPS) is 11.5. The zero-order valence-electron chi connectivity index (χ0n) is 12.8. The fourth-order valence-electron chi connectivity index (χ4n) is 2.99. The van der Waals surface area contributed by atoms with Gasteiger partial charge in [0.15, 0.2) is 0 Å². The maximum atomic E-state index is 6.53. The van der Waals surface area contributed by atoms with E-state index in [0.29, 0.717) is 6.61 Å². The van der Waals surface area contributed by atoms with Crippen LogP contribution in [0.4, 0.5) is 0 Å². The molecule has 0 amide bonds. The molecule has 0 heterocycles. The van der Waals surface area contributed by atoms with Crippen molar-refractivity contribution in [2.24, 2.45) is 0 Å². The average Bonchev–Trinajstić information content (AvgIpc) is 2.62. The molecule has 3 aromatic carbocycles. The second kappa shape index (κ2) is 8.21. The van der Waals surface area contributed by atoms with Crippen molar-refractivity contribution in [3.8, 4) is 0 Å². The SMILES string of the molecule is CCO[PH](c1ccccc1)(c1ccccc1)c1ccccc1.[SiH4]. The molecule has 0 bridgehead atoms. The average molecular weight is 340 g/mol. The molecule has 1 nitrogen and oxygen atoms in total. The summed E-state index contributed by atoms with van der Waals surface area (Å²) < 4.78 is 6.53. The van der Waals surface area contributed by atoms with Crippen LogP contribution in [-0.2, 0) is 4.52 Å². The molecule has 23 heavy (non-hydrogen) atoms. The molecule has 3 rings (SSSR count). The Balaban J connectivity index is 0.00000192. The Labute approximate surface area is 143 Å². The second-order valence-corrected chi connectivity index (χ2v) is 8.60. The van der Waals surface area contributed by atoms with Crippen molar-refractivity contribution in [2.75, 3.05) is 6.61 Å². The van der Waals surface area contributed by atoms with E-state index in [-0.39, 0.29) is 11.0 Å². The second-order valence-electron chi connectivity index (χ2n) is 5.21. The van der Waals surface area contributed by atoms with Crippen LogP contribution in [0.5, 0.6) is 0 Å². The first kappa shape index (κ1) is 17.6. The number of hydrogen-bond donors (Lipinski definition) is 0. The van der Waals surface area contributed by atoms with Crippen LogP contribution >= 0.6 is 7.49 Å². The molecule has 0 saturated heterocycles. The third kappa shape index (κ3) is 3.45. The minimum Gasteiger partial charge on any atom is -0.0149 e. The largest absolute Gasteiger partial charge is 0.0149 e. The molecule has 0 spiro atoms. The Morgan fingerprint density at radius 1 is 0.609 bits per heavy atom. The van der Waals surface area contributed by atoms with Crippen molar-refractivity contribution < 1.29 is 4.52 Å². The van der Waals surface area contributed by atoms with E-state index in [1.54, 1.807) is 0 Å². The van der Waals surface area contributed by atoms with Crippen molar-refractivity contribution in [3.05, 3.63) is 91.0 Å². The predicted molar refractivity (Wildman–Crippen MR) is 110 cm³/mol. The first-order valence-corrected chi connectivity index (χ1v) is 9.59. The molecule has 0 aromatic heterocycles. The summed E-state index contributed by atoms with van der Waals surface area (Å²) in [6.45, 7) is 2.78. The van der Waals surface area contributed by atoms with Gasteiger partial charge in [-0.1, -0.05) is 0 Å². The summed E-state index contributed by atoms with van der Waals surface area (Å²) in [5, 5.41) is 3.86. The quantitative estimate of drug-likeness (QED) is 0.511. The molecule has 0 radical (unpaired) electrons. The van der Waals surface area contributed by atoms with E-state index in [4.69, 9.17) is 4.52 Å². The monoisotopic (exact) mass is 340 g/mol. The standard InChI is InChI=1S/C20H21OP.H4Si/c1-2-21-22(18-12-6-3-7-13-18,19-14-8-4-9-15-19)20-16-10-5-11-17-20;/h3-17,22H,2H2,1H3;1H4. The molecular weight excluding hydrogens is 315 g/mol. The van der Waals surface area contributed by atoms with Crippen molar-refractivity contribution in [3.63, 3.8) is 0 Å². The Kier molecular flexibility index (Phi) is 6.29. The molecule has 0 aliphatic heterocycles. The molecule has 0 N–H and O–H groups in total. The summed E-state index contributed by atoms with van der Waals surface area (Å²) >= 11 is 0. The van der Waals surface area contributed by atoms with E-state index in [2.05, 4.69) is 97.9 Å². The fourth-order valence-corrected chi connectivity index (χ4v) is 6.90. The van der Waals surface area contributed by atoms with Gasteiger partial charge in [0.2, 0.25) is 0 Å². The van der Waals surface area contributed by atoms with Crippen LogP contribution in [0.2, 0.25) is 0 Å². The summed E-state index contributed by atoms with van der Waals surface area (Å²) in [6, 6.07) is 32.0. The van der Waals surface area contributed by atoms with Gasteiger partial charge in [-0.2, -0.15) is 0 Å². The van der Waals surface area contributed by atoms with Crippen LogP contribution in [0.15, 0.2) is 91.0 Å². The topological polar surface area (TPSA) is 9.23 Å². The number of hydrogen-bond acceptors (Lipinski definition) is 1. The van der Waals surface area contributed by atoms with Gasteiger partial charge in [-0.3, -0.25) is 0 Å². The smallest absolute Gasteiger partial charge is 0.0149 e. The predicted octanol–water partition coefficient (Wildman–Crippen LogP) is 2.21. The summed E-state index contributed by atoms with van der Waals surface area (Å²) in [4.78, 5) is 0. The van der Waals surface area contributed by atoms with E-state index in [0.717, 1.165) is 0 Å². The molecule has 0 atom stereocenters. The summed E-state index contributed by atoms with van der Waals surface area (Å²) in [5.74, 6) is 0. The van der Waals surface area contributed by atoms with Crippen LogP contribution in [-0.4, -0.2) is 17.6 Å². The Morgan fingerprint density at radius 3 is 1.17 bits per heavy atom. The Morgan fingerprint density at radius 2 is 0.913 bits per heavy atom. The number of benzene rings is 3. The Bertz CT molecular complexity index is 605. The molecular formula is C20H25OPSi. The molecule has 120 valence electrons. The molecule has 0 saturated carbocycles. The number of rotatable bonds is 5. The van der Waals surface area contributed by atoms with Gasteiger partial charge in [-0.25, -0.2) is 0 Å².